The Morgan fingerprint density at radius 1 is 1.12 bits per heavy atom. The highest BCUT2D eigenvalue weighted by Gasteiger charge is 2.32. The number of rotatable bonds is 6. The molecule has 5 N–H and O–H groups in total. The zero-order chi connectivity index (χ0) is 24.0. The van der Waals surface area contributed by atoms with Gasteiger partial charge in [-0.15, -0.1) is 0 Å². The standard InChI is InChI=1S/C23H21F3N6O/c1-14-9-15(12-31-22(14)16-6-8-29-19(11-16)23(24,25)26)10-21(33)32-20-5-4-17(13-30-20)18(28)3-2-7-27/h2-9,11-13H,10,27-28H2,1H3,(H,30,32,33)/b7-2-,18-3-. The van der Waals surface area contributed by atoms with E-state index in [1.807, 2.05) is 0 Å². The number of hydrogen-bond donors (Lipinski definition) is 3. The van der Waals surface area contributed by atoms with E-state index in [1.165, 1.54) is 24.7 Å². The zero-order valence-corrected chi connectivity index (χ0v) is 17.6. The lowest BCUT2D eigenvalue weighted by atomic mass is 10.0. The summed E-state index contributed by atoms with van der Waals surface area (Å²) < 4.78 is 38.8. The first kappa shape index (κ1) is 23.5. The molecule has 0 aliphatic carbocycles. The molecular formula is C23H21F3N6O. The van der Waals surface area contributed by atoms with Crippen LogP contribution in [0.1, 0.15) is 22.4 Å². The Bertz CT molecular complexity index is 1200. The Morgan fingerprint density at radius 2 is 1.91 bits per heavy atom. The van der Waals surface area contributed by atoms with E-state index in [2.05, 4.69) is 20.3 Å². The molecule has 0 bridgehead atoms. The summed E-state index contributed by atoms with van der Waals surface area (Å²) in [7, 11) is 0. The van der Waals surface area contributed by atoms with Crippen LogP contribution in [0.25, 0.3) is 17.0 Å². The topological polar surface area (TPSA) is 120 Å². The first-order valence-electron chi connectivity index (χ1n) is 9.77. The number of allylic oxidation sites excluding steroid dienone is 2. The first-order valence-corrected chi connectivity index (χ1v) is 9.77. The summed E-state index contributed by atoms with van der Waals surface area (Å²) in [6.07, 6.45) is 4.13. The van der Waals surface area contributed by atoms with E-state index in [0.717, 1.165) is 12.3 Å². The Balaban J connectivity index is 1.68. The molecule has 10 heteroatoms. The number of nitrogens with two attached hydrogens (primary N) is 2. The highest BCUT2D eigenvalue weighted by atomic mass is 19.4. The molecule has 0 saturated heterocycles. The number of amides is 1. The largest absolute Gasteiger partial charge is 0.433 e. The van der Waals surface area contributed by atoms with Crippen molar-refractivity contribution in [1.29, 1.82) is 0 Å². The van der Waals surface area contributed by atoms with Crippen LogP contribution in [0.5, 0.6) is 0 Å². The van der Waals surface area contributed by atoms with Gasteiger partial charge in [0.15, 0.2) is 0 Å². The fourth-order valence-corrected chi connectivity index (χ4v) is 3.03. The molecule has 170 valence electrons. The second-order valence-corrected chi connectivity index (χ2v) is 7.10. The van der Waals surface area contributed by atoms with E-state index in [1.54, 1.807) is 37.3 Å². The normalized spacial score (nSPS) is 12.2. The van der Waals surface area contributed by atoms with Crippen LogP contribution in [0.4, 0.5) is 19.0 Å². The second kappa shape index (κ2) is 9.94. The van der Waals surface area contributed by atoms with Gasteiger partial charge in [0.2, 0.25) is 5.91 Å². The third kappa shape index (κ3) is 6.16. The van der Waals surface area contributed by atoms with Gasteiger partial charge in [-0.1, -0.05) is 6.07 Å². The summed E-state index contributed by atoms with van der Waals surface area (Å²) >= 11 is 0. The number of aromatic nitrogens is 3. The Kier molecular flexibility index (Phi) is 7.07. The van der Waals surface area contributed by atoms with Gasteiger partial charge in [0.25, 0.3) is 0 Å². The average molecular weight is 454 g/mol. The van der Waals surface area contributed by atoms with Crippen LogP contribution in [0, 0.1) is 6.92 Å². The number of anilines is 1. The van der Waals surface area contributed by atoms with E-state index in [0.29, 0.717) is 39.5 Å². The lowest BCUT2D eigenvalue weighted by molar-refractivity contribution is -0.141. The third-order valence-corrected chi connectivity index (χ3v) is 4.57. The van der Waals surface area contributed by atoms with Crippen molar-refractivity contribution in [1.82, 2.24) is 15.0 Å². The van der Waals surface area contributed by atoms with Gasteiger partial charge in [0, 0.05) is 35.4 Å². The molecule has 0 unspecified atom stereocenters. The molecule has 3 rings (SSSR count). The average Bonchev–Trinajstić information content (AvgIpc) is 2.77. The van der Waals surface area contributed by atoms with Gasteiger partial charge in [-0.2, -0.15) is 13.2 Å². The monoisotopic (exact) mass is 454 g/mol. The Labute approximate surface area is 188 Å². The summed E-state index contributed by atoms with van der Waals surface area (Å²) in [5.74, 6) is 0.0331. The number of nitrogens with one attached hydrogen (secondary N) is 1. The molecule has 0 atom stereocenters. The summed E-state index contributed by atoms with van der Waals surface area (Å²) in [6, 6.07) is 7.45. The maximum Gasteiger partial charge on any atom is 0.433 e. The van der Waals surface area contributed by atoms with Crippen molar-refractivity contribution in [2.24, 2.45) is 11.5 Å². The quantitative estimate of drug-likeness (QED) is 0.487. The highest BCUT2D eigenvalue weighted by molar-refractivity contribution is 5.91. The number of carbonyl (C=O) groups is 1. The summed E-state index contributed by atoms with van der Waals surface area (Å²) in [4.78, 5) is 24.2. The van der Waals surface area contributed by atoms with E-state index in [-0.39, 0.29) is 12.3 Å². The molecular weight excluding hydrogens is 433 g/mol. The fourth-order valence-electron chi connectivity index (χ4n) is 3.03. The molecule has 1 amide bonds. The summed E-state index contributed by atoms with van der Waals surface area (Å²) in [5.41, 5.74) is 13.3. The molecule has 7 nitrogen and oxygen atoms in total. The van der Waals surface area contributed by atoms with Crippen molar-refractivity contribution in [3.63, 3.8) is 0 Å². The lowest BCUT2D eigenvalue weighted by Crippen LogP contribution is -2.15. The lowest BCUT2D eigenvalue weighted by Gasteiger charge is -2.11. The minimum atomic E-state index is -4.54. The fraction of sp³-hybridized carbons (Fsp3) is 0.130. The van der Waals surface area contributed by atoms with Gasteiger partial charge in [0.05, 0.1) is 12.1 Å². The van der Waals surface area contributed by atoms with Crippen molar-refractivity contribution < 1.29 is 18.0 Å². The second-order valence-electron chi connectivity index (χ2n) is 7.10. The minimum Gasteiger partial charge on any atom is -0.405 e. The third-order valence-electron chi connectivity index (χ3n) is 4.57. The Morgan fingerprint density at radius 3 is 2.55 bits per heavy atom. The van der Waals surface area contributed by atoms with Crippen LogP contribution in [0.3, 0.4) is 0 Å². The van der Waals surface area contributed by atoms with Crippen molar-refractivity contribution >= 4 is 17.4 Å². The van der Waals surface area contributed by atoms with Gasteiger partial charge in [0.1, 0.15) is 11.5 Å². The zero-order valence-electron chi connectivity index (χ0n) is 17.6. The van der Waals surface area contributed by atoms with Crippen molar-refractivity contribution in [2.75, 3.05) is 5.32 Å². The number of pyridine rings is 3. The minimum absolute atomic E-state index is 0.0189. The first-order chi connectivity index (χ1) is 15.7. The highest BCUT2D eigenvalue weighted by Crippen LogP contribution is 2.31. The molecule has 0 aromatic carbocycles. The molecule has 0 spiro atoms. The van der Waals surface area contributed by atoms with Crippen LogP contribution in [-0.4, -0.2) is 20.9 Å². The van der Waals surface area contributed by atoms with Crippen LogP contribution in [0.15, 0.2) is 67.3 Å². The van der Waals surface area contributed by atoms with Crippen LogP contribution in [0.2, 0.25) is 0 Å². The molecule has 3 aromatic heterocycles. The van der Waals surface area contributed by atoms with Gasteiger partial charge < -0.3 is 16.8 Å². The SMILES string of the molecule is Cc1cc(CC(=O)Nc2ccc(/C(N)=C/C=C\N)cn2)cnc1-c1ccnc(C(F)(F)F)c1. The molecule has 0 fully saturated rings. The van der Waals surface area contributed by atoms with Gasteiger partial charge in [-0.3, -0.25) is 14.8 Å². The molecule has 0 radical (unpaired) electrons. The molecule has 33 heavy (non-hydrogen) atoms. The van der Waals surface area contributed by atoms with Crippen molar-refractivity contribution in [3.8, 4) is 11.3 Å². The molecule has 3 aromatic rings. The summed E-state index contributed by atoms with van der Waals surface area (Å²) in [6.45, 7) is 1.72. The molecule has 0 aliphatic rings. The van der Waals surface area contributed by atoms with Crippen LogP contribution >= 0.6 is 0 Å². The number of hydrogen-bond acceptors (Lipinski definition) is 6. The molecule has 0 saturated carbocycles. The van der Waals surface area contributed by atoms with Crippen molar-refractivity contribution in [2.45, 2.75) is 19.5 Å². The van der Waals surface area contributed by atoms with Gasteiger partial charge >= 0.3 is 6.18 Å². The van der Waals surface area contributed by atoms with Gasteiger partial charge in [-0.25, -0.2) is 4.98 Å². The maximum absolute atomic E-state index is 12.9. The number of carbonyl (C=O) groups excluding carboxylic acids is 1. The van der Waals surface area contributed by atoms with E-state index < -0.39 is 11.9 Å². The summed E-state index contributed by atoms with van der Waals surface area (Å²) in [5, 5.41) is 2.68. The smallest absolute Gasteiger partial charge is 0.405 e. The number of halogens is 3. The molecule has 3 heterocycles. The van der Waals surface area contributed by atoms with E-state index in [9.17, 15) is 18.0 Å². The maximum atomic E-state index is 12.9. The van der Waals surface area contributed by atoms with Crippen LogP contribution < -0.4 is 16.8 Å². The Hall–Kier alpha value is -4.21. The number of aryl methyl sites for hydroxylation is 1. The van der Waals surface area contributed by atoms with Crippen LogP contribution in [-0.2, 0) is 17.4 Å². The van der Waals surface area contributed by atoms with E-state index in [4.69, 9.17) is 11.5 Å². The predicted octanol–water partition coefficient (Wildman–Crippen LogP) is 3.82. The van der Waals surface area contributed by atoms with Gasteiger partial charge in [-0.05, 0) is 60.7 Å². The predicted molar refractivity (Wildman–Crippen MR) is 119 cm³/mol. The number of nitrogens with zero attached hydrogens (tertiary/aromatic N) is 3. The van der Waals surface area contributed by atoms with Crippen molar-refractivity contribution in [3.05, 3.63) is 89.7 Å². The molecule has 0 aliphatic heterocycles. The number of alkyl halides is 3. The van der Waals surface area contributed by atoms with E-state index >= 15 is 0 Å².